The number of carbonyl (C=O) groups is 1. The van der Waals surface area contributed by atoms with Gasteiger partial charge in [-0.15, -0.1) is 0 Å². The standard InChI is InChI=1S/C9H15NO2/c1-3-12-8(11)9-4-7(9)5-10(2)6-9/h7H,3-6H2,1-2H3. The first kappa shape index (κ1) is 8.05. The highest BCUT2D eigenvalue weighted by molar-refractivity contribution is 5.81. The highest BCUT2D eigenvalue weighted by atomic mass is 16.5. The van der Waals surface area contributed by atoms with Crippen molar-refractivity contribution in [3.8, 4) is 0 Å². The first-order valence-corrected chi connectivity index (χ1v) is 4.55. The molecule has 0 aromatic heterocycles. The van der Waals surface area contributed by atoms with E-state index in [2.05, 4.69) is 11.9 Å². The molecular formula is C9H15NO2. The summed E-state index contributed by atoms with van der Waals surface area (Å²) >= 11 is 0. The number of ether oxygens (including phenoxy) is 1. The van der Waals surface area contributed by atoms with Crippen molar-refractivity contribution < 1.29 is 9.53 Å². The van der Waals surface area contributed by atoms with E-state index in [4.69, 9.17) is 4.74 Å². The van der Waals surface area contributed by atoms with Crippen molar-refractivity contribution in [3.63, 3.8) is 0 Å². The maximum absolute atomic E-state index is 11.5. The van der Waals surface area contributed by atoms with Gasteiger partial charge < -0.3 is 9.64 Å². The van der Waals surface area contributed by atoms with E-state index in [0.29, 0.717) is 12.5 Å². The molecule has 12 heavy (non-hydrogen) atoms. The molecule has 0 aromatic rings. The average Bonchev–Trinajstić information content (AvgIpc) is 2.57. The Morgan fingerprint density at radius 3 is 3.00 bits per heavy atom. The quantitative estimate of drug-likeness (QED) is 0.564. The molecule has 1 aliphatic heterocycles. The Labute approximate surface area is 72.7 Å². The highest BCUT2D eigenvalue weighted by Crippen LogP contribution is 2.58. The van der Waals surface area contributed by atoms with Crippen molar-refractivity contribution in [2.75, 3.05) is 26.7 Å². The van der Waals surface area contributed by atoms with Gasteiger partial charge >= 0.3 is 5.97 Å². The van der Waals surface area contributed by atoms with Crippen LogP contribution in [-0.2, 0) is 9.53 Å². The van der Waals surface area contributed by atoms with E-state index >= 15 is 0 Å². The summed E-state index contributed by atoms with van der Waals surface area (Å²) in [6.45, 7) is 4.34. The first-order valence-electron chi connectivity index (χ1n) is 4.55. The zero-order valence-electron chi connectivity index (χ0n) is 7.67. The van der Waals surface area contributed by atoms with Crippen LogP contribution in [0.2, 0.25) is 0 Å². The summed E-state index contributed by atoms with van der Waals surface area (Å²) in [5, 5.41) is 0. The normalized spacial score (nSPS) is 39.3. The lowest BCUT2D eigenvalue weighted by Crippen LogP contribution is -2.27. The van der Waals surface area contributed by atoms with Crippen LogP contribution in [0.3, 0.4) is 0 Å². The molecule has 0 amide bonds. The van der Waals surface area contributed by atoms with E-state index < -0.39 is 0 Å². The van der Waals surface area contributed by atoms with Gasteiger partial charge in [-0.2, -0.15) is 0 Å². The Morgan fingerprint density at radius 1 is 1.75 bits per heavy atom. The fourth-order valence-corrected chi connectivity index (χ4v) is 2.33. The summed E-state index contributed by atoms with van der Waals surface area (Å²) in [6, 6.07) is 0. The SMILES string of the molecule is CCOC(=O)C12CC1CN(C)C2. The van der Waals surface area contributed by atoms with Crippen LogP contribution in [0.15, 0.2) is 0 Å². The van der Waals surface area contributed by atoms with Gasteiger partial charge in [-0.05, 0) is 26.3 Å². The van der Waals surface area contributed by atoms with Crippen molar-refractivity contribution in [1.82, 2.24) is 4.90 Å². The molecule has 1 aliphatic carbocycles. The van der Waals surface area contributed by atoms with E-state index in [1.54, 1.807) is 0 Å². The Kier molecular flexibility index (Phi) is 1.65. The van der Waals surface area contributed by atoms with Gasteiger partial charge in [-0.1, -0.05) is 0 Å². The second-order valence-corrected chi connectivity index (χ2v) is 3.97. The average molecular weight is 169 g/mol. The van der Waals surface area contributed by atoms with Gasteiger partial charge in [-0.3, -0.25) is 4.79 Å². The summed E-state index contributed by atoms with van der Waals surface area (Å²) in [7, 11) is 2.06. The van der Waals surface area contributed by atoms with Crippen LogP contribution in [0.1, 0.15) is 13.3 Å². The zero-order valence-corrected chi connectivity index (χ0v) is 7.67. The predicted molar refractivity (Wildman–Crippen MR) is 44.7 cm³/mol. The Morgan fingerprint density at radius 2 is 2.50 bits per heavy atom. The fourth-order valence-electron chi connectivity index (χ4n) is 2.33. The number of nitrogens with zero attached hydrogens (tertiary/aromatic N) is 1. The summed E-state index contributed by atoms with van der Waals surface area (Å²) in [6.07, 6.45) is 1.05. The van der Waals surface area contributed by atoms with E-state index in [1.165, 1.54) is 0 Å². The molecule has 0 bridgehead atoms. The lowest BCUT2D eigenvalue weighted by atomic mass is 10.1. The number of likely N-dealkylation sites (tertiary alicyclic amines) is 1. The predicted octanol–water partition coefficient (Wildman–Crippen LogP) is 0.501. The fraction of sp³-hybridized carbons (Fsp3) is 0.889. The van der Waals surface area contributed by atoms with Crippen molar-refractivity contribution in [2.24, 2.45) is 11.3 Å². The summed E-state index contributed by atoms with van der Waals surface area (Å²) in [5.41, 5.74) is -0.0925. The third kappa shape index (κ3) is 0.959. The maximum Gasteiger partial charge on any atom is 0.313 e. The van der Waals surface area contributed by atoms with Gasteiger partial charge in [0.15, 0.2) is 0 Å². The molecule has 0 aromatic carbocycles. The van der Waals surface area contributed by atoms with E-state index in [9.17, 15) is 4.79 Å². The molecule has 3 nitrogen and oxygen atoms in total. The highest BCUT2D eigenvalue weighted by Gasteiger charge is 2.65. The first-order chi connectivity index (χ1) is 5.69. The summed E-state index contributed by atoms with van der Waals surface area (Å²) in [4.78, 5) is 13.7. The van der Waals surface area contributed by atoms with Gasteiger partial charge in [0, 0.05) is 13.1 Å². The van der Waals surface area contributed by atoms with Crippen LogP contribution in [-0.4, -0.2) is 37.6 Å². The van der Waals surface area contributed by atoms with E-state index in [0.717, 1.165) is 19.5 Å². The lowest BCUT2D eigenvalue weighted by Gasteiger charge is -2.14. The molecule has 68 valence electrons. The van der Waals surface area contributed by atoms with E-state index in [-0.39, 0.29) is 11.4 Å². The Balaban J connectivity index is 2.01. The van der Waals surface area contributed by atoms with Crippen LogP contribution in [0.25, 0.3) is 0 Å². The molecule has 3 heteroatoms. The van der Waals surface area contributed by atoms with Crippen molar-refractivity contribution in [2.45, 2.75) is 13.3 Å². The van der Waals surface area contributed by atoms with Crippen molar-refractivity contribution in [3.05, 3.63) is 0 Å². The van der Waals surface area contributed by atoms with Gasteiger partial charge in [0.25, 0.3) is 0 Å². The second kappa shape index (κ2) is 2.46. The van der Waals surface area contributed by atoms with Gasteiger partial charge in [0.2, 0.25) is 0 Å². The zero-order chi connectivity index (χ0) is 8.77. The number of esters is 1. The number of fused-ring (bicyclic) bond motifs is 1. The smallest absolute Gasteiger partial charge is 0.313 e. The minimum Gasteiger partial charge on any atom is -0.466 e. The van der Waals surface area contributed by atoms with Crippen molar-refractivity contribution >= 4 is 5.97 Å². The molecule has 2 unspecified atom stereocenters. The van der Waals surface area contributed by atoms with Crippen molar-refractivity contribution in [1.29, 1.82) is 0 Å². The molecule has 0 N–H and O–H groups in total. The number of piperidine rings is 1. The number of hydrogen-bond acceptors (Lipinski definition) is 3. The number of hydrogen-bond donors (Lipinski definition) is 0. The van der Waals surface area contributed by atoms with Crippen LogP contribution < -0.4 is 0 Å². The summed E-state index contributed by atoms with van der Waals surface area (Å²) < 4.78 is 5.05. The molecule has 1 heterocycles. The van der Waals surface area contributed by atoms with Gasteiger partial charge in [-0.25, -0.2) is 0 Å². The van der Waals surface area contributed by atoms with Crippen LogP contribution in [0.4, 0.5) is 0 Å². The van der Waals surface area contributed by atoms with E-state index in [1.807, 2.05) is 6.92 Å². The Bertz CT molecular complexity index is 217. The monoisotopic (exact) mass is 169 g/mol. The molecule has 2 fully saturated rings. The maximum atomic E-state index is 11.5. The second-order valence-electron chi connectivity index (χ2n) is 3.97. The Hall–Kier alpha value is -0.570. The topological polar surface area (TPSA) is 29.5 Å². The molecule has 1 saturated carbocycles. The summed E-state index contributed by atoms with van der Waals surface area (Å²) in [5.74, 6) is 0.612. The number of carbonyl (C=O) groups excluding carboxylic acids is 1. The third-order valence-corrected chi connectivity index (χ3v) is 3.00. The lowest BCUT2D eigenvalue weighted by molar-refractivity contribution is -0.149. The largest absolute Gasteiger partial charge is 0.466 e. The van der Waals surface area contributed by atoms with Gasteiger partial charge in [0.1, 0.15) is 0 Å². The molecule has 1 saturated heterocycles. The molecule has 2 aliphatic rings. The molecule has 0 spiro atoms. The van der Waals surface area contributed by atoms with Gasteiger partial charge in [0.05, 0.1) is 12.0 Å². The molecule has 0 radical (unpaired) electrons. The van der Waals surface area contributed by atoms with Crippen LogP contribution >= 0.6 is 0 Å². The molecule has 2 rings (SSSR count). The van der Waals surface area contributed by atoms with Crippen LogP contribution in [0.5, 0.6) is 0 Å². The minimum atomic E-state index is -0.0925. The number of rotatable bonds is 2. The third-order valence-electron chi connectivity index (χ3n) is 3.00. The molecular weight excluding hydrogens is 154 g/mol. The molecule has 2 atom stereocenters. The minimum absolute atomic E-state index is 0.0272. The van der Waals surface area contributed by atoms with Crippen LogP contribution in [0, 0.1) is 11.3 Å².